The number of aromatic nitrogens is 2. The van der Waals surface area contributed by atoms with E-state index in [-0.39, 0.29) is 17.8 Å². The maximum absolute atomic E-state index is 11.5. The number of hydrogen-bond acceptors (Lipinski definition) is 5. The molecule has 0 atom stereocenters. The summed E-state index contributed by atoms with van der Waals surface area (Å²) in [4.78, 5) is 31.6. The van der Waals surface area contributed by atoms with Gasteiger partial charge in [-0.2, -0.15) is 4.98 Å². The van der Waals surface area contributed by atoms with Crippen molar-refractivity contribution in [2.75, 3.05) is 10.6 Å². The maximum Gasteiger partial charge on any atom is 0.233 e. The third-order valence-corrected chi connectivity index (χ3v) is 4.71. The number of hydrogen-bond donors (Lipinski definition) is 2. The number of carbonyl (C=O) groups excluding carboxylic acids is 2. The molecule has 0 aliphatic carbocycles. The van der Waals surface area contributed by atoms with Gasteiger partial charge >= 0.3 is 0 Å². The maximum atomic E-state index is 11.5. The van der Waals surface area contributed by atoms with Gasteiger partial charge in [0.1, 0.15) is 6.61 Å². The third-order valence-electron chi connectivity index (χ3n) is 4.71. The van der Waals surface area contributed by atoms with Gasteiger partial charge in [0.05, 0.1) is 10.9 Å². The Balaban J connectivity index is 1.71. The Kier molecular flexibility index (Phi) is 6.07. The zero-order valence-electron chi connectivity index (χ0n) is 17.8. The van der Waals surface area contributed by atoms with Gasteiger partial charge in [-0.1, -0.05) is 48.5 Å². The zero-order chi connectivity index (χ0) is 22.5. The summed E-state index contributed by atoms with van der Waals surface area (Å²) in [7, 11) is 0. The second-order valence-corrected chi connectivity index (χ2v) is 7.30. The van der Waals surface area contributed by atoms with E-state index < -0.39 is 0 Å². The van der Waals surface area contributed by atoms with Gasteiger partial charge in [0.25, 0.3) is 0 Å². The van der Waals surface area contributed by atoms with Gasteiger partial charge in [0.15, 0.2) is 0 Å². The molecule has 2 N–H and O–H groups in total. The second-order valence-electron chi connectivity index (χ2n) is 7.30. The predicted octanol–water partition coefficient (Wildman–Crippen LogP) is 4.79. The van der Waals surface area contributed by atoms with Crippen LogP contribution in [0.3, 0.4) is 0 Å². The van der Waals surface area contributed by atoms with Crippen LogP contribution < -0.4 is 15.4 Å². The first-order valence-electron chi connectivity index (χ1n) is 10.1. The lowest BCUT2D eigenvalue weighted by atomic mass is 10.0. The summed E-state index contributed by atoms with van der Waals surface area (Å²) in [6.45, 7) is 3.22. The fourth-order valence-corrected chi connectivity index (χ4v) is 3.28. The van der Waals surface area contributed by atoms with E-state index in [1.54, 1.807) is 0 Å². The molecule has 0 unspecified atom stereocenters. The topological polar surface area (TPSA) is 93.2 Å². The minimum atomic E-state index is -0.255. The number of benzene rings is 3. The number of ether oxygens (including phenoxy) is 1. The van der Waals surface area contributed by atoms with Crippen molar-refractivity contribution >= 4 is 34.4 Å². The van der Waals surface area contributed by atoms with Crippen molar-refractivity contribution in [3.63, 3.8) is 0 Å². The molecule has 0 saturated carbocycles. The van der Waals surface area contributed by atoms with E-state index >= 15 is 0 Å². The number of rotatable bonds is 6. The number of anilines is 2. The number of carbonyl (C=O) groups is 2. The average Bonchev–Trinajstić information content (AvgIpc) is 2.77. The summed E-state index contributed by atoms with van der Waals surface area (Å²) >= 11 is 0. The Morgan fingerprint density at radius 3 is 2.19 bits per heavy atom. The number of nitrogens with zero attached hydrogens (tertiary/aromatic N) is 2. The van der Waals surface area contributed by atoms with Gasteiger partial charge in [-0.3, -0.25) is 14.9 Å². The monoisotopic (exact) mass is 426 g/mol. The largest absolute Gasteiger partial charge is 0.472 e. The van der Waals surface area contributed by atoms with Crippen LogP contribution >= 0.6 is 0 Å². The molecular weight excluding hydrogens is 404 g/mol. The van der Waals surface area contributed by atoms with Gasteiger partial charge in [0, 0.05) is 19.5 Å². The molecule has 1 aromatic heterocycles. The molecule has 0 bridgehead atoms. The van der Waals surface area contributed by atoms with E-state index in [4.69, 9.17) is 4.74 Å². The molecule has 0 aliphatic rings. The van der Waals surface area contributed by atoms with E-state index in [9.17, 15) is 9.59 Å². The van der Waals surface area contributed by atoms with Crippen molar-refractivity contribution in [3.05, 3.63) is 78.4 Å². The fourth-order valence-electron chi connectivity index (χ4n) is 3.28. The molecule has 4 aromatic rings. The molecule has 7 heteroatoms. The Labute approximate surface area is 185 Å². The van der Waals surface area contributed by atoms with Crippen LogP contribution in [0.15, 0.2) is 72.8 Å². The Morgan fingerprint density at radius 2 is 1.50 bits per heavy atom. The zero-order valence-corrected chi connectivity index (χ0v) is 17.8. The first kappa shape index (κ1) is 21.0. The van der Waals surface area contributed by atoms with Gasteiger partial charge in [-0.25, -0.2) is 4.98 Å². The molecule has 4 rings (SSSR count). The first-order valence-corrected chi connectivity index (χ1v) is 10.1. The lowest BCUT2D eigenvalue weighted by Gasteiger charge is -2.12. The Morgan fingerprint density at radius 1 is 0.812 bits per heavy atom. The average molecular weight is 426 g/mol. The van der Waals surface area contributed by atoms with Gasteiger partial charge in [-0.15, -0.1) is 0 Å². The van der Waals surface area contributed by atoms with Crippen LogP contribution in [-0.4, -0.2) is 21.8 Å². The van der Waals surface area contributed by atoms with Crippen LogP contribution in [0.1, 0.15) is 19.4 Å². The summed E-state index contributed by atoms with van der Waals surface area (Å²) in [5, 5.41) is 6.13. The molecule has 1 heterocycles. The molecular formula is C25H22N4O3. The van der Waals surface area contributed by atoms with Crippen molar-refractivity contribution in [1.29, 1.82) is 0 Å². The van der Waals surface area contributed by atoms with Crippen molar-refractivity contribution in [1.82, 2.24) is 9.97 Å². The molecule has 2 amide bonds. The van der Waals surface area contributed by atoms with Crippen molar-refractivity contribution < 1.29 is 14.3 Å². The summed E-state index contributed by atoms with van der Waals surface area (Å²) in [5.74, 6) is 0.213. The van der Waals surface area contributed by atoms with Crippen molar-refractivity contribution in [3.8, 4) is 17.0 Å². The SMILES string of the molecule is CC(=O)Nc1ccc(-c2ccc3nc(NC(C)=O)nc(OCc4ccccc4)c3c2)cc1. The molecule has 0 fully saturated rings. The molecule has 32 heavy (non-hydrogen) atoms. The van der Waals surface area contributed by atoms with Gasteiger partial charge < -0.3 is 10.1 Å². The van der Waals surface area contributed by atoms with E-state index in [0.717, 1.165) is 27.8 Å². The summed E-state index contributed by atoms with van der Waals surface area (Å²) in [5.41, 5.74) is 4.32. The first-order chi connectivity index (χ1) is 15.5. The van der Waals surface area contributed by atoms with Crippen LogP contribution in [0.2, 0.25) is 0 Å². The quantitative estimate of drug-likeness (QED) is 0.462. The highest BCUT2D eigenvalue weighted by atomic mass is 16.5. The van der Waals surface area contributed by atoms with Crippen molar-refractivity contribution in [2.45, 2.75) is 20.5 Å². The normalized spacial score (nSPS) is 10.6. The minimum absolute atomic E-state index is 0.115. The number of nitrogens with one attached hydrogen (secondary N) is 2. The smallest absolute Gasteiger partial charge is 0.233 e. The van der Waals surface area contributed by atoms with Gasteiger partial charge in [-0.05, 0) is 41.0 Å². The highest BCUT2D eigenvalue weighted by molar-refractivity contribution is 5.92. The Bertz CT molecular complexity index is 1270. The van der Waals surface area contributed by atoms with Crippen molar-refractivity contribution in [2.24, 2.45) is 0 Å². The molecule has 3 aromatic carbocycles. The molecule has 0 radical (unpaired) electrons. The number of amides is 2. The lowest BCUT2D eigenvalue weighted by molar-refractivity contribution is -0.115. The van der Waals surface area contributed by atoms with E-state index in [2.05, 4.69) is 20.6 Å². The molecule has 0 aliphatic heterocycles. The summed E-state index contributed by atoms with van der Waals surface area (Å²) < 4.78 is 6.03. The predicted molar refractivity (Wildman–Crippen MR) is 124 cm³/mol. The second kappa shape index (κ2) is 9.26. The lowest BCUT2D eigenvalue weighted by Crippen LogP contribution is -2.10. The summed E-state index contributed by atoms with van der Waals surface area (Å²) in [6, 6.07) is 23.1. The van der Waals surface area contributed by atoms with Crippen LogP contribution in [-0.2, 0) is 16.2 Å². The molecule has 7 nitrogen and oxygen atoms in total. The molecule has 0 spiro atoms. The minimum Gasteiger partial charge on any atom is -0.472 e. The standard InChI is InChI=1S/C25H22N4O3/c1-16(30)26-21-11-8-19(9-12-21)20-10-13-23-22(14-20)24(29-25(28-23)27-17(2)31)32-15-18-6-4-3-5-7-18/h3-14H,15H2,1-2H3,(H,26,30)(H,27,28,29,31). The summed E-state index contributed by atoms with van der Waals surface area (Å²) in [6.07, 6.45) is 0. The highest BCUT2D eigenvalue weighted by Crippen LogP contribution is 2.30. The number of fused-ring (bicyclic) bond motifs is 1. The van der Waals surface area contributed by atoms with E-state index in [1.807, 2.05) is 72.8 Å². The van der Waals surface area contributed by atoms with E-state index in [0.29, 0.717) is 18.0 Å². The molecule has 160 valence electrons. The van der Waals surface area contributed by atoms with Crippen LogP contribution in [0.5, 0.6) is 5.88 Å². The van der Waals surface area contributed by atoms with Crippen LogP contribution in [0.25, 0.3) is 22.0 Å². The highest BCUT2D eigenvalue weighted by Gasteiger charge is 2.12. The Hall–Kier alpha value is -4.26. The fraction of sp³-hybridized carbons (Fsp3) is 0.120. The third kappa shape index (κ3) is 5.07. The van der Waals surface area contributed by atoms with E-state index in [1.165, 1.54) is 13.8 Å². The molecule has 0 saturated heterocycles. The van der Waals surface area contributed by atoms with Gasteiger partial charge in [0.2, 0.25) is 23.6 Å². The van der Waals surface area contributed by atoms with Crippen LogP contribution in [0.4, 0.5) is 11.6 Å². The van der Waals surface area contributed by atoms with Crippen LogP contribution in [0, 0.1) is 0 Å².